The van der Waals surface area contributed by atoms with Gasteiger partial charge in [-0.15, -0.1) is 0 Å². The van der Waals surface area contributed by atoms with Crippen LogP contribution in [0.3, 0.4) is 0 Å². The van der Waals surface area contributed by atoms with Crippen LogP contribution in [0.4, 0.5) is 5.69 Å². The molecule has 164 valence electrons. The molecular formula is C24H28N8. The van der Waals surface area contributed by atoms with Gasteiger partial charge in [-0.25, -0.2) is 19.5 Å². The van der Waals surface area contributed by atoms with E-state index < -0.39 is 0 Å². The molecule has 2 aliphatic rings. The number of pyridine rings is 2. The van der Waals surface area contributed by atoms with Gasteiger partial charge in [-0.2, -0.15) is 5.10 Å². The van der Waals surface area contributed by atoms with Crippen LogP contribution in [0.5, 0.6) is 0 Å². The predicted molar refractivity (Wildman–Crippen MR) is 126 cm³/mol. The fourth-order valence-corrected chi connectivity index (χ4v) is 5.11. The van der Waals surface area contributed by atoms with Gasteiger partial charge >= 0.3 is 0 Å². The van der Waals surface area contributed by atoms with E-state index in [-0.39, 0.29) is 0 Å². The highest BCUT2D eigenvalue weighted by Gasteiger charge is 2.27. The minimum atomic E-state index is 0.710. The SMILES string of the molecule is CN1CCN(C2CCN(c3cnc4c(-c5ccnc6ncccc56)cnn4c3)CC2)CC1. The number of hydrogen-bond acceptors (Lipinski definition) is 7. The van der Waals surface area contributed by atoms with Crippen molar-refractivity contribution in [2.45, 2.75) is 18.9 Å². The Hall–Kier alpha value is -3.10. The van der Waals surface area contributed by atoms with Crippen LogP contribution in [0.1, 0.15) is 12.8 Å². The minimum absolute atomic E-state index is 0.710. The van der Waals surface area contributed by atoms with E-state index in [0.717, 1.165) is 46.6 Å². The maximum Gasteiger partial charge on any atom is 0.162 e. The zero-order valence-corrected chi connectivity index (χ0v) is 18.4. The summed E-state index contributed by atoms with van der Waals surface area (Å²) in [4.78, 5) is 21.1. The largest absolute Gasteiger partial charge is 0.369 e. The van der Waals surface area contributed by atoms with Crippen LogP contribution < -0.4 is 4.90 Å². The molecule has 4 aromatic heterocycles. The van der Waals surface area contributed by atoms with Gasteiger partial charge in [0.15, 0.2) is 11.3 Å². The third-order valence-corrected chi connectivity index (χ3v) is 7.03. The lowest BCUT2D eigenvalue weighted by Crippen LogP contribution is -2.52. The Labute approximate surface area is 187 Å². The van der Waals surface area contributed by atoms with Crippen molar-refractivity contribution in [2.75, 3.05) is 51.2 Å². The predicted octanol–water partition coefficient (Wildman–Crippen LogP) is 2.56. The van der Waals surface area contributed by atoms with E-state index in [1.165, 1.54) is 39.0 Å². The number of anilines is 1. The van der Waals surface area contributed by atoms with Crippen LogP contribution in [0, 0.1) is 0 Å². The van der Waals surface area contributed by atoms with Gasteiger partial charge in [-0.3, -0.25) is 4.90 Å². The molecule has 0 bridgehead atoms. The van der Waals surface area contributed by atoms with Crippen LogP contribution in [0.25, 0.3) is 27.8 Å². The summed E-state index contributed by atoms with van der Waals surface area (Å²) in [5.41, 5.74) is 4.81. The number of nitrogens with zero attached hydrogens (tertiary/aromatic N) is 8. The van der Waals surface area contributed by atoms with Crippen LogP contribution in [0.15, 0.2) is 49.2 Å². The van der Waals surface area contributed by atoms with Gasteiger partial charge in [0.1, 0.15) is 0 Å². The van der Waals surface area contributed by atoms with Gasteiger partial charge in [0, 0.05) is 68.7 Å². The average Bonchev–Trinajstić information content (AvgIpc) is 3.27. The summed E-state index contributed by atoms with van der Waals surface area (Å²) in [6.45, 7) is 6.91. The first-order chi connectivity index (χ1) is 15.8. The number of fused-ring (bicyclic) bond motifs is 2. The van der Waals surface area contributed by atoms with E-state index in [2.05, 4.69) is 43.0 Å². The molecule has 4 aromatic rings. The molecule has 0 aromatic carbocycles. The first-order valence-electron chi connectivity index (χ1n) is 11.5. The molecule has 0 aliphatic carbocycles. The zero-order chi connectivity index (χ0) is 21.5. The van der Waals surface area contributed by atoms with E-state index in [1.807, 2.05) is 35.1 Å². The first kappa shape index (κ1) is 19.6. The monoisotopic (exact) mass is 428 g/mol. The average molecular weight is 429 g/mol. The highest BCUT2D eigenvalue weighted by molar-refractivity contribution is 5.96. The van der Waals surface area contributed by atoms with Crippen LogP contribution >= 0.6 is 0 Å². The summed E-state index contributed by atoms with van der Waals surface area (Å²) >= 11 is 0. The van der Waals surface area contributed by atoms with E-state index >= 15 is 0 Å². The molecule has 32 heavy (non-hydrogen) atoms. The lowest BCUT2D eigenvalue weighted by molar-refractivity contribution is 0.0982. The molecule has 0 radical (unpaired) electrons. The van der Waals surface area contributed by atoms with E-state index in [1.54, 1.807) is 12.4 Å². The van der Waals surface area contributed by atoms with Crippen molar-refractivity contribution >= 4 is 22.4 Å². The number of piperidine rings is 1. The third kappa shape index (κ3) is 3.49. The molecule has 2 saturated heterocycles. The molecule has 6 rings (SSSR count). The van der Waals surface area contributed by atoms with E-state index in [9.17, 15) is 0 Å². The van der Waals surface area contributed by atoms with Gasteiger partial charge in [0.05, 0.1) is 24.3 Å². The molecule has 0 atom stereocenters. The molecule has 8 heteroatoms. The maximum absolute atomic E-state index is 4.82. The minimum Gasteiger partial charge on any atom is -0.369 e. The number of likely N-dealkylation sites (N-methyl/N-ethyl adjacent to an activating group) is 1. The summed E-state index contributed by atoms with van der Waals surface area (Å²) in [5, 5.41) is 5.64. The zero-order valence-electron chi connectivity index (χ0n) is 18.4. The van der Waals surface area contributed by atoms with Crippen molar-refractivity contribution in [1.29, 1.82) is 0 Å². The van der Waals surface area contributed by atoms with Gasteiger partial charge < -0.3 is 9.80 Å². The smallest absolute Gasteiger partial charge is 0.162 e. The normalized spacial score (nSPS) is 19.2. The van der Waals surface area contributed by atoms with E-state index in [0.29, 0.717) is 6.04 Å². The first-order valence-corrected chi connectivity index (χ1v) is 11.5. The van der Waals surface area contributed by atoms with E-state index in [4.69, 9.17) is 4.98 Å². The maximum atomic E-state index is 4.82. The molecular weight excluding hydrogens is 400 g/mol. The Morgan fingerprint density at radius 2 is 1.66 bits per heavy atom. The van der Waals surface area contributed by atoms with Gasteiger partial charge in [0.2, 0.25) is 0 Å². The van der Waals surface area contributed by atoms with Gasteiger partial charge in [-0.05, 0) is 43.7 Å². The second-order valence-corrected chi connectivity index (χ2v) is 8.93. The second kappa shape index (κ2) is 8.11. The molecule has 0 unspecified atom stereocenters. The molecule has 8 nitrogen and oxygen atoms in total. The Morgan fingerprint density at radius 3 is 2.50 bits per heavy atom. The van der Waals surface area contributed by atoms with Crippen LogP contribution in [-0.4, -0.2) is 86.7 Å². The molecule has 0 N–H and O–H groups in total. The molecule has 0 spiro atoms. The second-order valence-electron chi connectivity index (χ2n) is 8.93. The Bertz CT molecular complexity index is 1230. The van der Waals surface area contributed by atoms with Gasteiger partial charge in [-0.1, -0.05) is 0 Å². The number of rotatable bonds is 3. The Morgan fingerprint density at radius 1 is 0.844 bits per heavy atom. The summed E-state index contributed by atoms with van der Waals surface area (Å²) in [6.07, 6.45) is 12.0. The number of hydrogen-bond donors (Lipinski definition) is 0. The lowest BCUT2D eigenvalue weighted by atomic mass is 10.0. The molecule has 0 saturated carbocycles. The number of piperazine rings is 1. The Balaban J connectivity index is 1.22. The van der Waals surface area contributed by atoms with Gasteiger partial charge in [0.25, 0.3) is 0 Å². The van der Waals surface area contributed by atoms with Crippen LogP contribution in [0.2, 0.25) is 0 Å². The Kier molecular flexibility index (Phi) is 4.96. The van der Waals surface area contributed by atoms with Crippen molar-refractivity contribution in [1.82, 2.24) is 34.4 Å². The topological polar surface area (TPSA) is 65.7 Å². The standard InChI is InChI=1S/C24H28N8/c1-29-11-13-31(14-12-29)18-5-9-30(10-6-18)19-15-27-24-22(16-28-32(24)17-19)20-4-8-26-23-21(20)3-2-7-25-23/h2-4,7-8,15-18H,5-6,9-14H2,1H3. The number of aromatic nitrogens is 5. The summed E-state index contributed by atoms with van der Waals surface area (Å²) in [6, 6.07) is 6.71. The molecule has 2 aliphatic heterocycles. The molecule has 2 fully saturated rings. The quantitative estimate of drug-likeness (QED) is 0.497. The van der Waals surface area contributed by atoms with Crippen molar-refractivity contribution < 1.29 is 0 Å². The fraction of sp³-hybridized carbons (Fsp3) is 0.417. The highest BCUT2D eigenvalue weighted by Crippen LogP contribution is 2.30. The summed E-state index contributed by atoms with van der Waals surface area (Å²) in [7, 11) is 2.22. The van der Waals surface area contributed by atoms with Crippen molar-refractivity contribution in [2.24, 2.45) is 0 Å². The highest BCUT2D eigenvalue weighted by atomic mass is 15.3. The molecule has 6 heterocycles. The lowest BCUT2D eigenvalue weighted by Gasteiger charge is -2.42. The summed E-state index contributed by atoms with van der Waals surface area (Å²) < 4.78 is 1.90. The van der Waals surface area contributed by atoms with Crippen molar-refractivity contribution in [3.63, 3.8) is 0 Å². The summed E-state index contributed by atoms with van der Waals surface area (Å²) in [5.74, 6) is 0. The third-order valence-electron chi connectivity index (χ3n) is 7.03. The van der Waals surface area contributed by atoms with Crippen LogP contribution in [-0.2, 0) is 0 Å². The van der Waals surface area contributed by atoms with Crippen molar-refractivity contribution in [3.05, 3.63) is 49.2 Å². The fourth-order valence-electron chi connectivity index (χ4n) is 5.11. The van der Waals surface area contributed by atoms with Crippen molar-refractivity contribution in [3.8, 4) is 11.1 Å². The molecule has 0 amide bonds.